The van der Waals surface area contributed by atoms with Gasteiger partial charge in [0.1, 0.15) is 0 Å². The van der Waals surface area contributed by atoms with Crippen LogP contribution in [0.1, 0.15) is 37.7 Å². The van der Waals surface area contributed by atoms with E-state index in [1.54, 1.807) is 7.11 Å². The van der Waals surface area contributed by atoms with Crippen LogP contribution >= 0.6 is 0 Å². The number of benzene rings is 1. The Kier molecular flexibility index (Phi) is 5.01. The molecule has 0 aromatic heterocycles. The summed E-state index contributed by atoms with van der Waals surface area (Å²) in [6, 6.07) is 7.68. The molecule has 1 amide bonds. The summed E-state index contributed by atoms with van der Waals surface area (Å²) >= 11 is 0. The SMILES string of the molecule is COCCCCCNC(=O)C1(c2ccc(N)cc2)CC1. The Bertz CT molecular complexity index is 438. The highest BCUT2D eigenvalue weighted by Gasteiger charge is 2.50. The number of amides is 1. The molecule has 1 fully saturated rings. The summed E-state index contributed by atoms with van der Waals surface area (Å²) in [4.78, 5) is 12.3. The van der Waals surface area contributed by atoms with Crippen molar-refractivity contribution in [3.63, 3.8) is 0 Å². The lowest BCUT2D eigenvalue weighted by atomic mass is 9.94. The number of hydrogen-bond donors (Lipinski definition) is 2. The van der Waals surface area contributed by atoms with Gasteiger partial charge in [0.05, 0.1) is 5.41 Å². The van der Waals surface area contributed by atoms with Crippen molar-refractivity contribution in [1.82, 2.24) is 5.32 Å². The molecule has 20 heavy (non-hydrogen) atoms. The molecule has 0 spiro atoms. The highest BCUT2D eigenvalue weighted by atomic mass is 16.5. The van der Waals surface area contributed by atoms with Gasteiger partial charge in [-0.3, -0.25) is 4.79 Å². The van der Waals surface area contributed by atoms with Gasteiger partial charge in [-0.15, -0.1) is 0 Å². The van der Waals surface area contributed by atoms with Gasteiger partial charge in [-0.05, 0) is 49.8 Å². The van der Waals surface area contributed by atoms with Crippen LogP contribution in [-0.2, 0) is 14.9 Å². The molecule has 0 heterocycles. The van der Waals surface area contributed by atoms with Crippen molar-refractivity contribution in [3.8, 4) is 0 Å². The van der Waals surface area contributed by atoms with Crippen molar-refractivity contribution in [1.29, 1.82) is 0 Å². The molecule has 0 bridgehead atoms. The van der Waals surface area contributed by atoms with Crippen molar-refractivity contribution >= 4 is 11.6 Å². The first-order valence-electron chi connectivity index (χ1n) is 7.32. The third-order valence-electron chi connectivity index (χ3n) is 3.96. The maximum absolute atomic E-state index is 12.3. The van der Waals surface area contributed by atoms with E-state index in [-0.39, 0.29) is 11.3 Å². The average Bonchev–Trinajstić information content (AvgIpc) is 3.25. The Hall–Kier alpha value is -1.55. The smallest absolute Gasteiger partial charge is 0.230 e. The maximum atomic E-state index is 12.3. The number of ether oxygens (including phenoxy) is 1. The molecular weight excluding hydrogens is 252 g/mol. The number of carbonyl (C=O) groups excluding carboxylic acids is 1. The molecule has 1 saturated carbocycles. The van der Waals surface area contributed by atoms with Gasteiger partial charge in [0.25, 0.3) is 0 Å². The molecule has 2 rings (SSSR count). The van der Waals surface area contributed by atoms with E-state index < -0.39 is 0 Å². The number of unbranched alkanes of at least 4 members (excludes halogenated alkanes) is 2. The second-order valence-corrected chi connectivity index (χ2v) is 5.51. The first-order chi connectivity index (χ1) is 9.69. The number of anilines is 1. The lowest BCUT2D eigenvalue weighted by molar-refractivity contribution is -0.123. The second-order valence-electron chi connectivity index (χ2n) is 5.51. The van der Waals surface area contributed by atoms with E-state index in [1.807, 2.05) is 24.3 Å². The largest absolute Gasteiger partial charge is 0.399 e. The van der Waals surface area contributed by atoms with Gasteiger partial charge in [0.15, 0.2) is 0 Å². The van der Waals surface area contributed by atoms with E-state index in [2.05, 4.69) is 5.32 Å². The van der Waals surface area contributed by atoms with Gasteiger partial charge < -0.3 is 15.8 Å². The number of rotatable bonds is 8. The van der Waals surface area contributed by atoms with Gasteiger partial charge in [-0.2, -0.15) is 0 Å². The number of nitrogens with one attached hydrogen (secondary N) is 1. The third kappa shape index (κ3) is 3.51. The Balaban J connectivity index is 1.78. The minimum absolute atomic E-state index is 0.161. The monoisotopic (exact) mass is 276 g/mol. The van der Waals surface area contributed by atoms with Crippen molar-refractivity contribution in [2.24, 2.45) is 0 Å². The van der Waals surface area contributed by atoms with Gasteiger partial charge in [-0.25, -0.2) is 0 Å². The van der Waals surface area contributed by atoms with Gasteiger partial charge in [0, 0.05) is 25.9 Å². The van der Waals surface area contributed by atoms with E-state index in [4.69, 9.17) is 10.5 Å². The Morgan fingerprint density at radius 1 is 1.25 bits per heavy atom. The fourth-order valence-corrected chi connectivity index (χ4v) is 2.49. The van der Waals surface area contributed by atoms with Crippen molar-refractivity contribution < 1.29 is 9.53 Å². The van der Waals surface area contributed by atoms with Crippen LogP contribution in [0.3, 0.4) is 0 Å². The van der Waals surface area contributed by atoms with Crippen molar-refractivity contribution in [3.05, 3.63) is 29.8 Å². The predicted molar refractivity (Wildman–Crippen MR) is 80.5 cm³/mol. The zero-order valence-electron chi connectivity index (χ0n) is 12.2. The van der Waals surface area contributed by atoms with Crippen LogP contribution in [0.15, 0.2) is 24.3 Å². The zero-order chi connectivity index (χ0) is 14.4. The molecule has 110 valence electrons. The Labute approximate surface area is 120 Å². The van der Waals surface area contributed by atoms with E-state index in [1.165, 1.54) is 0 Å². The van der Waals surface area contributed by atoms with Gasteiger partial charge in [-0.1, -0.05) is 12.1 Å². The molecule has 0 unspecified atom stereocenters. The summed E-state index contributed by atoms with van der Waals surface area (Å²) in [5.41, 5.74) is 7.23. The number of methoxy groups -OCH3 is 1. The standard InChI is InChI=1S/C16H24N2O2/c1-20-12-4-2-3-11-18-15(19)16(9-10-16)13-5-7-14(17)8-6-13/h5-8H,2-4,9-12,17H2,1H3,(H,18,19). The first kappa shape index (κ1) is 14.9. The minimum atomic E-state index is -0.291. The van der Waals surface area contributed by atoms with Crippen molar-refractivity contribution in [2.75, 3.05) is 26.0 Å². The quantitative estimate of drug-likeness (QED) is 0.565. The average molecular weight is 276 g/mol. The fourth-order valence-electron chi connectivity index (χ4n) is 2.49. The maximum Gasteiger partial charge on any atom is 0.230 e. The Morgan fingerprint density at radius 3 is 2.55 bits per heavy atom. The number of nitrogens with two attached hydrogens (primary N) is 1. The number of nitrogen functional groups attached to an aromatic ring is 1. The predicted octanol–water partition coefficient (Wildman–Crippen LogP) is 2.23. The molecule has 1 aromatic rings. The first-order valence-corrected chi connectivity index (χ1v) is 7.32. The minimum Gasteiger partial charge on any atom is -0.399 e. The van der Waals surface area contributed by atoms with Crippen LogP contribution in [0.2, 0.25) is 0 Å². The summed E-state index contributed by atoms with van der Waals surface area (Å²) in [6.07, 6.45) is 5.02. The molecular formula is C16H24N2O2. The molecule has 1 aliphatic carbocycles. The van der Waals surface area contributed by atoms with Crippen LogP contribution in [0.25, 0.3) is 0 Å². The zero-order valence-corrected chi connectivity index (χ0v) is 12.2. The highest BCUT2D eigenvalue weighted by Crippen LogP contribution is 2.48. The van der Waals surface area contributed by atoms with E-state index in [9.17, 15) is 4.79 Å². The molecule has 0 radical (unpaired) electrons. The summed E-state index contributed by atoms with van der Waals surface area (Å²) in [5.74, 6) is 0.161. The van der Waals surface area contributed by atoms with E-state index in [0.717, 1.165) is 56.5 Å². The molecule has 4 heteroatoms. The number of carbonyl (C=O) groups is 1. The van der Waals surface area contributed by atoms with E-state index >= 15 is 0 Å². The summed E-state index contributed by atoms with van der Waals surface area (Å²) in [5, 5.41) is 3.06. The highest BCUT2D eigenvalue weighted by molar-refractivity contribution is 5.91. The fraction of sp³-hybridized carbons (Fsp3) is 0.562. The topological polar surface area (TPSA) is 64.3 Å². The third-order valence-corrected chi connectivity index (χ3v) is 3.96. The molecule has 1 aliphatic rings. The van der Waals surface area contributed by atoms with E-state index in [0.29, 0.717) is 0 Å². The van der Waals surface area contributed by atoms with Gasteiger partial charge >= 0.3 is 0 Å². The van der Waals surface area contributed by atoms with Gasteiger partial charge in [0.2, 0.25) is 5.91 Å². The van der Waals surface area contributed by atoms with Crippen LogP contribution in [0, 0.1) is 0 Å². The van der Waals surface area contributed by atoms with Crippen LogP contribution < -0.4 is 11.1 Å². The van der Waals surface area contributed by atoms with Crippen LogP contribution in [0.4, 0.5) is 5.69 Å². The molecule has 1 aromatic carbocycles. The molecule has 0 aliphatic heterocycles. The van der Waals surface area contributed by atoms with Crippen LogP contribution in [0.5, 0.6) is 0 Å². The summed E-state index contributed by atoms with van der Waals surface area (Å²) in [7, 11) is 1.71. The Morgan fingerprint density at radius 2 is 1.95 bits per heavy atom. The molecule has 0 saturated heterocycles. The lowest BCUT2D eigenvalue weighted by Gasteiger charge is -2.16. The molecule has 4 nitrogen and oxygen atoms in total. The van der Waals surface area contributed by atoms with Crippen molar-refractivity contribution in [2.45, 2.75) is 37.5 Å². The molecule has 0 atom stereocenters. The normalized spacial score (nSPS) is 15.8. The number of hydrogen-bond acceptors (Lipinski definition) is 3. The lowest BCUT2D eigenvalue weighted by Crippen LogP contribution is -2.35. The summed E-state index contributed by atoms with van der Waals surface area (Å²) < 4.78 is 5.00. The van der Waals surface area contributed by atoms with Crippen LogP contribution in [-0.4, -0.2) is 26.2 Å². The summed E-state index contributed by atoms with van der Waals surface area (Å²) in [6.45, 7) is 1.54. The molecule has 3 N–H and O–H groups in total. The second kappa shape index (κ2) is 6.75.